The lowest BCUT2D eigenvalue weighted by molar-refractivity contribution is 0.0944. The van der Waals surface area contributed by atoms with E-state index in [-0.39, 0.29) is 23.2 Å². The summed E-state index contributed by atoms with van der Waals surface area (Å²) in [7, 11) is 1.52. The van der Waals surface area contributed by atoms with Gasteiger partial charge in [-0.05, 0) is 24.6 Å². The zero-order valence-corrected chi connectivity index (χ0v) is 12.0. The van der Waals surface area contributed by atoms with Crippen LogP contribution >= 0.6 is 0 Å². The van der Waals surface area contributed by atoms with Gasteiger partial charge in [-0.15, -0.1) is 0 Å². The molecule has 108 valence electrons. The summed E-state index contributed by atoms with van der Waals surface area (Å²) in [5.74, 6) is -0.621. The number of aryl methyl sites for hydroxylation is 1. The van der Waals surface area contributed by atoms with E-state index in [4.69, 9.17) is 0 Å². The molecule has 1 heterocycles. The van der Waals surface area contributed by atoms with Gasteiger partial charge in [0.25, 0.3) is 11.8 Å². The molecule has 5 nitrogen and oxygen atoms in total. The first-order chi connectivity index (χ1) is 10.1. The Hall–Kier alpha value is -2.69. The Kier molecular flexibility index (Phi) is 4.66. The molecule has 0 bridgehead atoms. The first kappa shape index (κ1) is 14.7. The number of nitrogens with zero attached hydrogens (tertiary/aromatic N) is 1. The number of hydrogen-bond donors (Lipinski definition) is 2. The van der Waals surface area contributed by atoms with Crippen molar-refractivity contribution in [3.8, 4) is 0 Å². The predicted octanol–water partition coefficient (Wildman–Crippen LogP) is 1.68. The molecular weight excluding hydrogens is 266 g/mol. The zero-order valence-electron chi connectivity index (χ0n) is 12.0. The molecular formula is C16H17N3O2. The molecule has 0 fully saturated rings. The number of amides is 2. The number of carbonyl (C=O) groups is 2. The first-order valence-electron chi connectivity index (χ1n) is 6.63. The van der Waals surface area contributed by atoms with E-state index in [9.17, 15) is 9.59 Å². The van der Waals surface area contributed by atoms with Crippen molar-refractivity contribution in [2.75, 3.05) is 7.05 Å². The average molecular weight is 283 g/mol. The summed E-state index contributed by atoms with van der Waals surface area (Å²) in [6, 6.07) is 12.7. The summed E-state index contributed by atoms with van der Waals surface area (Å²) in [5, 5.41) is 5.26. The normalized spacial score (nSPS) is 10.0. The molecule has 2 rings (SSSR count). The van der Waals surface area contributed by atoms with E-state index >= 15 is 0 Å². The Labute approximate surface area is 123 Å². The lowest BCUT2D eigenvalue weighted by Gasteiger charge is -2.06. The van der Waals surface area contributed by atoms with E-state index in [1.165, 1.54) is 12.6 Å². The maximum absolute atomic E-state index is 12.0. The molecule has 21 heavy (non-hydrogen) atoms. The predicted molar refractivity (Wildman–Crippen MR) is 80.0 cm³/mol. The minimum atomic E-state index is -0.316. The van der Waals surface area contributed by atoms with Crippen LogP contribution in [0.25, 0.3) is 0 Å². The summed E-state index contributed by atoms with van der Waals surface area (Å²) in [5.41, 5.74) is 2.63. The Bertz CT molecular complexity index is 651. The van der Waals surface area contributed by atoms with Crippen molar-refractivity contribution in [1.29, 1.82) is 0 Å². The molecule has 0 saturated heterocycles. The molecule has 2 N–H and O–H groups in total. The molecule has 1 aromatic carbocycles. The third-order valence-corrected chi connectivity index (χ3v) is 3.02. The van der Waals surface area contributed by atoms with Crippen molar-refractivity contribution in [1.82, 2.24) is 15.6 Å². The fourth-order valence-electron chi connectivity index (χ4n) is 1.79. The number of pyridine rings is 1. The van der Waals surface area contributed by atoms with Gasteiger partial charge in [-0.1, -0.05) is 35.9 Å². The van der Waals surface area contributed by atoms with E-state index in [2.05, 4.69) is 15.6 Å². The maximum Gasteiger partial charge on any atom is 0.270 e. The van der Waals surface area contributed by atoms with E-state index in [1.54, 1.807) is 18.2 Å². The minimum absolute atomic E-state index is 0.223. The molecule has 0 spiro atoms. The highest BCUT2D eigenvalue weighted by atomic mass is 16.2. The van der Waals surface area contributed by atoms with Crippen LogP contribution in [-0.4, -0.2) is 23.8 Å². The summed E-state index contributed by atoms with van der Waals surface area (Å²) in [6.07, 6.45) is 0. The molecule has 0 unspecified atom stereocenters. The van der Waals surface area contributed by atoms with Gasteiger partial charge in [0, 0.05) is 13.6 Å². The van der Waals surface area contributed by atoms with Gasteiger partial charge >= 0.3 is 0 Å². The first-order valence-corrected chi connectivity index (χ1v) is 6.63. The number of nitrogens with one attached hydrogen (secondary N) is 2. The Morgan fingerprint density at radius 1 is 1.00 bits per heavy atom. The monoisotopic (exact) mass is 283 g/mol. The number of benzene rings is 1. The van der Waals surface area contributed by atoms with Crippen molar-refractivity contribution < 1.29 is 9.59 Å². The van der Waals surface area contributed by atoms with Gasteiger partial charge in [-0.25, -0.2) is 4.98 Å². The second-order valence-corrected chi connectivity index (χ2v) is 4.66. The van der Waals surface area contributed by atoms with Crippen LogP contribution < -0.4 is 10.6 Å². The van der Waals surface area contributed by atoms with E-state index in [0.29, 0.717) is 6.54 Å². The largest absolute Gasteiger partial charge is 0.354 e. The lowest BCUT2D eigenvalue weighted by Crippen LogP contribution is -2.26. The number of carbonyl (C=O) groups excluding carboxylic acids is 2. The van der Waals surface area contributed by atoms with Gasteiger partial charge in [0.2, 0.25) is 0 Å². The van der Waals surface area contributed by atoms with Crippen LogP contribution in [-0.2, 0) is 6.54 Å². The number of aromatic nitrogens is 1. The Balaban J connectivity index is 2.03. The quantitative estimate of drug-likeness (QED) is 0.896. The highest BCUT2D eigenvalue weighted by Crippen LogP contribution is 2.04. The number of hydrogen-bond acceptors (Lipinski definition) is 3. The smallest absolute Gasteiger partial charge is 0.270 e. The fourth-order valence-corrected chi connectivity index (χ4v) is 1.79. The van der Waals surface area contributed by atoms with E-state index in [1.807, 2.05) is 31.2 Å². The van der Waals surface area contributed by atoms with E-state index < -0.39 is 0 Å². The van der Waals surface area contributed by atoms with E-state index in [0.717, 1.165) is 5.56 Å². The standard InChI is InChI=1S/C16H17N3O2/c1-11-6-8-12(9-7-11)10-18-16(21)14-5-3-4-13(19-14)15(20)17-2/h3-9H,10H2,1-2H3,(H,17,20)(H,18,21). The van der Waals surface area contributed by atoms with Crippen LogP contribution in [0.3, 0.4) is 0 Å². The highest BCUT2D eigenvalue weighted by Gasteiger charge is 2.10. The van der Waals surface area contributed by atoms with Gasteiger partial charge in [-0.3, -0.25) is 9.59 Å². The lowest BCUT2D eigenvalue weighted by atomic mass is 10.1. The third-order valence-electron chi connectivity index (χ3n) is 3.02. The van der Waals surface area contributed by atoms with Crippen molar-refractivity contribution in [2.45, 2.75) is 13.5 Å². The van der Waals surface area contributed by atoms with Crippen molar-refractivity contribution >= 4 is 11.8 Å². The van der Waals surface area contributed by atoms with Crippen LogP contribution in [0, 0.1) is 6.92 Å². The third kappa shape index (κ3) is 3.89. The molecule has 0 atom stereocenters. The summed E-state index contributed by atoms with van der Waals surface area (Å²) < 4.78 is 0. The van der Waals surface area contributed by atoms with Gasteiger partial charge in [0.1, 0.15) is 11.4 Å². The van der Waals surface area contributed by atoms with Crippen LogP contribution in [0.4, 0.5) is 0 Å². The molecule has 1 aromatic heterocycles. The van der Waals surface area contributed by atoms with Gasteiger partial charge < -0.3 is 10.6 Å². The molecule has 0 aliphatic rings. The molecule has 0 saturated carbocycles. The van der Waals surface area contributed by atoms with Crippen LogP contribution in [0.2, 0.25) is 0 Å². The van der Waals surface area contributed by atoms with Crippen molar-refractivity contribution in [3.63, 3.8) is 0 Å². The van der Waals surface area contributed by atoms with Crippen LogP contribution in [0.15, 0.2) is 42.5 Å². The van der Waals surface area contributed by atoms with Crippen molar-refractivity contribution in [2.24, 2.45) is 0 Å². The second-order valence-electron chi connectivity index (χ2n) is 4.66. The summed E-state index contributed by atoms with van der Waals surface area (Å²) >= 11 is 0. The molecule has 5 heteroatoms. The molecule has 2 amide bonds. The van der Waals surface area contributed by atoms with Crippen LogP contribution in [0.5, 0.6) is 0 Å². The van der Waals surface area contributed by atoms with Gasteiger partial charge in [0.15, 0.2) is 0 Å². The molecule has 0 aliphatic carbocycles. The Morgan fingerprint density at radius 3 is 2.24 bits per heavy atom. The summed E-state index contributed by atoms with van der Waals surface area (Å²) in [4.78, 5) is 27.6. The van der Waals surface area contributed by atoms with Crippen molar-refractivity contribution in [3.05, 3.63) is 65.0 Å². The SMILES string of the molecule is CNC(=O)c1cccc(C(=O)NCc2ccc(C)cc2)n1. The molecule has 0 radical (unpaired) electrons. The summed E-state index contributed by atoms with van der Waals surface area (Å²) in [6.45, 7) is 2.43. The zero-order chi connectivity index (χ0) is 15.2. The fraction of sp³-hybridized carbons (Fsp3) is 0.188. The van der Waals surface area contributed by atoms with Crippen LogP contribution in [0.1, 0.15) is 32.1 Å². The number of rotatable bonds is 4. The van der Waals surface area contributed by atoms with Gasteiger partial charge in [0.05, 0.1) is 0 Å². The minimum Gasteiger partial charge on any atom is -0.354 e. The van der Waals surface area contributed by atoms with Gasteiger partial charge in [-0.2, -0.15) is 0 Å². The molecule has 2 aromatic rings. The Morgan fingerprint density at radius 2 is 1.62 bits per heavy atom. The second kappa shape index (κ2) is 6.65. The topological polar surface area (TPSA) is 71.1 Å². The average Bonchev–Trinajstić information content (AvgIpc) is 2.53. The maximum atomic E-state index is 12.0. The highest BCUT2D eigenvalue weighted by molar-refractivity contribution is 5.96. The molecule has 0 aliphatic heterocycles.